The van der Waals surface area contributed by atoms with Crippen molar-refractivity contribution >= 4 is 11.6 Å². The second-order valence-electron chi connectivity index (χ2n) is 3.60. The van der Waals surface area contributed by atoms with Crippen LogP contribution in [0.4, 0.5) is 13.2 Å². The summed E-state index contributed by atoms with van der Waals surface area (Å²) in [6, 6.07) is 2.80. The van der Waals surface area contributed by atoms with Gasteiger partial charge in [-0.1, -0.05) is 11.6 Å². The predicted molar refractivity (Wildman–Crippen MR) is 59.2 cm³/mol. The number of halogens is 4. The van der Waals surface area contributed by atoms with Crippen LogP contribution in [-0.4, -0.2) is 11.2 Å². The third-order valence-electron chi connectivity index (χ3n) is 2.27. The van der Waals surface area contributed by atoms with Crippen LogP contribution in [0.3, 0.4) is 0 Å². The number of nitrogens with one attached hydrogen (secondary N) is 1. The first-order valence-corrected chi connectivity index (χ1v) is 5.45. The molecule has 7 heteroatoms. The Morgan fingerprint density at radius 3 is 2.71 bits per heavy atom. The van der Waals surface area contributed by atoms with Gasteiger partial charge in [0.25, 0.3) is 0 Å². The molecule has 1 unspecified atom stereocenters. The van der Waals surface area contributed by atoms with Gasteiger partial charge in [-0.15, -0.1) is 0 Å². The van der Waals surface area contributed by atoms with Crippen molar-refractivity contribution in [1.29, 1.82) is 0 Å². The molecule has 0 saturated carbocycles. The topological polar surface area (TPSA) is 50.9 Å². The van der Waals surface area contributed by atoms with Crippen LogP contribution in [-0.2, 0) is 0 Å². The molecule has 17 heavy (non-hydrogen) atoms. The van der Waals surface area contributed by atoms with Crippen molar-refractivity contribution < 1.29 is 13.2 Å². The lowest BCUT2D eigenvalue weighted by atomic mass is 10.1. The Bertz CT molecular complexity index is 357. The molecule has 1 atom stereocenters. The first-order valence-electron chi connectivity index (χ1n) is 5.07. The normalized spacial score (nSPS) is 13.7. The van der Waals surface area contributed by atoms with Gasteiger partial charge in [0.1, 0.15) is 0 Å². The number of pyridine rings is 1. The zero-order valence-electron chi connectivity index (χ0n) is 8.97. The van der Waals surface area contributed by atoms with Crippen LogP contribution in [0.25, 0.3) is 0 Å². The molecule has 0 spiro atoms. The van der Waals surface area contributed by atoms with E-state index in [1.54, 1.807) is 12.1 Å². The fourth-order valence-electron chi connectivity index (χ4n) is 1.46. The third kappa shape index (κ3) is 4.89. The van der Waals surface area contributed by atoms with Crippen molar-refractivity contribution in [1.82, 2.24) is 10.4 Å². The fraction of sp³-hybridized carbons (Fsp3) is 0.500. The van der Waals surface area contributed by atoms with E-state index in [4.69, 9.17) is 17.4 Å². The van der Waals surface area contributed by atoms with Gasteiger partial charge in [0.05, 0.1) is 16.8 Å². The average Bonchev–Trinajstić information content (AvgIpc) is 2.24. The van der Waals surface area contributed by atoms with Gasteiger partial charge < -0.3 is 0 Å². The number of alkyl halides is 3. The van der Waals surface area contributed by atoms with Crippen molar-refractivity contribution in [3.63, 3.8) is 0 Å². The smallest absolute Gasteiger partial charge is 0.271 e. The highest BCUT2D eigenvalue weighted by Gasteiger charge is 2.27. The van der Waals surface area contributed by atoms with Crippen LogP contribution in [0.1, 0.15) is 31.0 Å². The van der Waals surface area contributed by atoms with Crippen LogP contribution in [0.2, 0.25) is 5.02 Å². The van der Waals surface area contributed by atoms with Crippen molar-refractivity contribution in [2.75, 3.05) is 0 Å². The van der Waals surface area contributed by atoms with Crippen LogP contribution in [0, 0.1) is 0 Å². The van der Waals surface area contributed by atoms with Crippen LogP contribution < -0.4 is 11.3 Å². The summed E-state index contributed by atoms with van der Waals surface area (Å²) in [7, 11) is 0. The number of hydrogen-bond donors (Lipinski definition) is 2. The minimum Gasteiger partial charge on any atom is -0.271 e. The maximum absolute atomic E-state index is 12.0. The van der Waals surface area contributed by atoms with Crippen LogP contribution in [0.5, 0.6) is 0 Å². The second-order valence-corrected chi connectivity index (χ2v) is 4.00. The molecule has 0 aromatic carbocycles. The van der Waals surface area contributed by atoms with Gasteiger partial charge in [0.2, 0.25) is 0 Å². The Kier molecular flexibility index (Phi) is 5.17. The van der Waals surface area contributed by atoms with Gasteiger partial charge in [-0.3, -0.25) is 16.3 Å². The molecule has 96 valence electrons. The molecule has 0 saturated heterocycles. The molecule has 0 aliphatic carbocycles. The molecule has 1 aromatic rings. The molecule has 3 N–H and O–H groups in total. The molecule has 1 heterocycles. The number of nitrogens with two attached hydrogens (primary N) is 1. The molecule has 1 rings (SSSR count). The zero-order valence-corrected chi connectivity index (χ0v) is 9.72. The molecule has 0 aliphatic heterocycles. The Morgan fingerprint density at radius 1 is 1.47 bits per heavy atom. The van der Waals surface area contributed by atoms with E-state index in [-0.39, 0.29) is 12.8 Å². The lowest BCUT2D eigenvalue weighted by Gasteiger charge is -2.16. The maximum Gasteiger partial charge on any atom is 0.389 e. The monoisotopic (exact) mass is 267 g/mol. The highest BCUT2D eigenvalue weighted by molar-refractivity contribution is 6.31. The van der Waals surface area contributed by atoms with Crippen molar-refractivity contribution in [2.45, 2.75) is 31.5 Å². The fourth-order valence-corrected chi connectivity index (χ4v) is 1.71. The van der Waals surface area contributed by atoms with Gasteiger partial charge in [-0.2, -0.15) is 13.2 Å². The third-order valence-corrected chi connectivity index (χ3v) is 2.59. The summed E-state index contributed by atoms with van der Waals surface area (Å²) in [6.45, 7) is 0. The van der Waals surface area contributed by atoms with Gasteiger partial charge >= 0.3 is 6.18 Å². The first kappa shape index (κ1) is 14.2. The molecule has 0 bridgehead atoms. The number of rotatable bonds is 5. The van der Waals surface area contributed by atoms with Crippen molar-refractivity contribution in [3.05, 3.63) is 29.0 Å². The summed E-state index contributed by atoms with van der Waals surface area (Å²) >= 11 is 5.89. The van der Waals surface area contributed by atoms with E-state index in [1.807, 2.05) is 0 Å². The summed E-state index contributed by atoms with van der Waals surface area (Å²) in [6.07, 6.45) is -3.25. The molecule has 0 aliphatic rings. The molecule has 0 amide bonds. The Morgan fingerprint density at radius 2 is 2.18 bits per heavy atom. The van der Waals surface area contributed by atoms with E-state index in [0.717, 1.165) is 0 Å². The molecule has 3 nitrogen and oxygen atoms in total. The Labute approximate surface area is 102 Å². The summed E-state index contributed by atoms with van der Waals surface area (Å²) in [4.78, 5) is 4.01. The highest BCUT2D eigenvalue weighted by Crippen LogP contribution is 2.27. The molecular weight excluding hydrogens is 255 g/mol. The molecule has 1 aromatic heterocycles. The van der Waals surface area contributed by atoms with Crippen LogP contribution in [0.15, 0.2) is 18.3 Å². The lowest BCUT2D eigenvalue weighted by molar-refractivity contribution is -0.135. The predicted octanol–water partition coefficient (Wildman–Crippen LogP) is 2.97. The second kappa shape index (κ2) is 6.18. The quantitative estimate of drug-likeness (QED) is 0.637. The molecule has 0 fully saturated rings. The van der Waals surface area contributed by atoms with Crippen LogP contribution >= 0.6 is 11.6 Å². The van der Waals surface area contributed by atoms with E-state index in [2.05, 4.69) is 10.4 Å². The summed E-state index contributed by atoms with van der Waals surface area (Å²) < 4.78 is 36.0. The highest BCUT2D eigenvalue weighted by atomic mass is 35.5. The van der Waals surface area contributed by atoms with Gasteiger partial charge in [-0.05, 0) is 25.0 Å². The van der Waals surface area contributed by atoms with Gasteiger partial charge in [0, 0.05) is 12.6 Å². The molecule has 0 radical (unpaired) electrons. The van der Waals surface area contributed by atoms with E-state index in [9.17, 15) is 13.2 Å². The van der Waals surface area contributed by atoms with Gasteiger partial charge in [0.15, 0.2) is 0 Å². The molecular formula is C10H13ClF3N3. The SMILES string of the molecule is NNC(CCCC(F)(F)F)c1ncccc1Cl. The van der Waals surface area contributed by atoms with Crippen molar-refractivity contribution in [2.24, 2.45) is 5.84 Å². The van der Waals surface area contributed by atoms with Gasteiger partial charge in [-0.25, -0.2) is 0 Å². The minimum absolute atomic E-state index is 0.0225. The van der Waals surface area contributed by atoms with E-state index in [0.29, 0.717) is 10.7 Å². The first-order chi connectivity index (χ1) is 7.94. The number of nitrogens with zero attached hydrogens (tertiary/aromatic N) is 1. The van der Waals surface area contributed by atoms with E-state index < -0.39 is 18.6 Å². The average molecular weight is 268 g/mol. The number of hydrazine groups is 1. The van der Waals surface area contributed by atoms with E-state index in [1.165, 1.54) is 6.20 Å². The standard InChI is InChI=1S/C10H13ClF3N3/c11-7-3-2-6-16-9(7)8(17-15)4-1-5-10(12,13)14/h2-3,6,8,17H,1,4-5,15H2. The maximum atomic E-state index is 12.0. The summed E-state index contributed by atoms with van der Waals surface area (Å²) in [5, 5.41) is 0.391. The lowest BCUT2D eigenvalue weighted by Crippen LogP contribution is -2.29. The Balaban J connectivity index is 2.58. The number of hydrogen-bond acceptors (Lipinski definition) is 3. The van der Waals surface area contributed by atoms with Crippen molar-refractivity contribution in [3.8, 4) is 0 Å². The minimum atomic E-state index is -4.15. The summed E-state index contributed by atoms with van der Waals surface area (Å²) in [5.74, 6) is 5.29. The van der Waals surface area contributed by atoms with E-state index >= 15 is 0 Å². The largest absolute Gasteiger partial charge is 0.389 e. The number of aromatic nitrogens is 1. The summed E-state index contributed by atoms with van der Waals surface area (Å²) in [5.41, 5.74) is 2.90. The Hall–Kier alpha value is -0.850. The zero-order chi connectivity index (χ0) is 12.9.